The molecule has 0 aliphatic carbocycles. The molecule has 0 fully saturated rings. The zero-order valence-corrected chi connectivity index (χ0v) is 15.3. The summed E-state index contributed by atoms with van der Waals surface area (Å²) in [7, 11) is 0. The van der Waals surface area contributed by atoms with Crippen molar-refractivity contribution in [3.63, 3.8) is 0 Å². The molecule has 0 saturated carbocycles. The van der Waals surface area contributed by atoms with Crippen LogP contribution in [-0.4, -0.2) is 27.6 Å². The number of carbonyl (C=O) groups excluding carboxylic acids is 1. The van der Waals surface area contributed by atoms with Crippen LogP contribution in [0.25, 0.3) is 0 Å². The van der Waals surface area contributed by atoms with Gasteiger partial charge in [0.05, 0.1) is 5.56 Å². The predicted octanol–water partition coefficient (Wildman–Crippen LogP) is 3.80. The van der Waals surface area contributed by atoms with Crippen LogP contribution < -0.4 is 10.6 Å². The second-order valence-corrected chi connectivity index (χ2v) is 6.33. The molecular weight excluding hydrogens is 377 g/mol. The molecule has 134 valence electrons. The van der Waals surface area contributed by atoms with Crippen LogP contribution in [0.4, 0.5) is 11.8 Å². The number of hydrogen-bond acceptors (Lipinski definition) is 6. The van der Waals surface area contributed by atoms with Crippen LogP contribution >= 0.6 is 23.2 Å². The Morgan fingerprint density at radius 3 is 2.62 bits per heavy atom. The van der Waals surface area contributed by atoms with Gasteiger partial charge >= 0.3 is 0 Å². The zero-order valence-electron chi connectivity index (χ0n) is 13.8. The van der Waals surface area contributed by atoms with Crippen LogP contribution in [0.2, 0.25) is 10.0 Å². The van der Waals surface area contributed by atoms with Crippen LogP contribution in [0.5, 0.6) is 0 Å². The minimum atomic E-state index is -0.265. The van der Waals surface area contributed by atoms with E-state index in [1.165, 1.54) is 12.4 Å². The van der Waals surface area contributed by atoms with Crippen LogP contribution in [-0.2, 0) is 6.42 Å². The number of hydrogen-bond donors (Lipinski definition) is 2. The number of benzene rings is 1. The molecule has 9 heteroatoms. The molecule has 0 saturated heterocycles. The molecule has 0 atom stereocenters. The third-order valence-electron chi connectivity index (χ3n) is 3.48. The zero-order chi connectivity index (χ0) is 18.5. The van der Waals surface area contributed by atoms with Crippen LogP contribution in [0.15, 0.2) is 41.2 Å². The Morgan fingerprint density at radius 1 is 1.19 bits per heavy atom. The van der Waals surface area contributed by atoms with Crippen LogP contribution in [0, 0.1) is 6.92 Å². The molecule has 2 heterocycles. The number of halogens is 2. The van der Waals surface area contributed by atoms with E-state index in [0.717, 1.165) is 5.56 Å². The van der Waals surface area contributed by atoms with E-state index in [2.05, 4.69) is 25.8 Å². The maximum absolute atomic E-state index is 12.2. The van der Waals surface area contributed by atoms with Crippen molar-refractivity contribution >= 4 is 40.9 Å². The smallest absolute Gasteiger partial charge is 0.254 e. The van der Waals surface area contributed by atoms with Gasteiger partial charge in [-0.15, -0.1) is 0 Å². The van der Waals surface area contributed by atoms with Gasteiger partial charge in [0.1, 0.15) is 5.76 Å². The highest BCUT2D eigenvalue weighted by atomic mass is 35.5. The van der Waals surface area contributed by atoms with E-state index < -0.39 is 0 Å². The second-order valence-electron chi connectivity index (χ2n) is 5.48. The molecule has 3 rings (SSSR count). The quantitative estimate of drug-likeness (QED) is 0.663. The number of nitrogens with one attached hydrogen (secondary N) is 2. The lowest BCUT2D eigenvalue weighted by Crippen LogP contribution is -2.26. The first-order valence-electron chi connectivity index (χ1n) is 7.76. The molecule has 1 aromatic carbocycles. The molecule has 2 N–H and O–H groups in total. The van der Waals surface area contributed by atoms with Gasteiger partial charge in [0.2, 0.25) is 5.95 Å². The van der Waals surface area contributed by atoms with Gasteiger partial charge in [0, 0.05) is 35.1 Å². The molecular formula is C17H15Cl2N5O2. The third-order valence-corrected chi connectivity index (χ3v) is 4.06. The van der Waals surface area contributed by atoms with Crippen molar-refractivity contribution in [2.75, 3.05) is 11.9 Å². The second kappa shape index (κ2) is 8.16. The molecule has 26 heavy (non-hydrogen) atoms. The molecule has 0 bridgehead atoms. The van der Waals surface area contributed by atoms with Gasteiger partial charge in [-0.05, 0) is 31.0 Å². The van der Waals surface area contributed by atoms with Crippen molar-refractivity contribution in [3.05, 3.63) is 63.6 Å². The average Bonchev–Trinajstić information content (AvgIpc) is 3.02. The summed E-state index contributed by atoms with van der Waals surface area (Å²) in [6, 6.07) is 6.99. The molecule has 1 amide bonds. The molecule has 0 aliphatic rings. The van der Waals surface area contributed by atoms with Gasteiger partial charge < -0.3 is 15.2 Å². The number of rotatable bonds is 6. The van der Waals surface area contributed by atoms with Gasteiger partial charge in [0.15, 0.2) is 5.82 Å². The molecule has 0 spiro atoms. The summed E-state index contributed by atoms with van der Waals surface area (Å²) in [5.41, 5.74) is 1.27. The molecule has 0 unspecified atom stereocenters. The topological polar surface area (TPSA) is 92.9 Å². The highest BCUT2D eigenvalue weighted by molar-refractivity contribution is 6.35. The van der Waals surface area contributed by atoms with Gasteiger partial charge in [-0.25, -0.2) is 9.97 Å². The lowest BCUT2D eigenvalue weighted by molar-refractivity contribution is 0.0953. The van der Waals surface area contributed by atoms with Crippen molar-refractivity contribution in [1.29, 1.82) is 0 Å². The monoisotopic (exact) mass is 391 g/mol. The van der Waals surface area contributed by atoms with Crippen molar-refractivity contribution in [1.82, 2.24) is 20.4 Å². The minimum absolute atomic E-state index is 0.265. The van der Waals surface area contributed by atoms with E-state index in [1.54, 1.807) is 25.1 Å². The normalized spacial score (nSPS) is 10.6. The molecule has 0 radical (unpaired) electrons. The Morgan fingerprint density at radius 2 is 1.96 bits per heavy atom. The lowest BCUT2D eigenvalue weighted by Gasteiger charge is -2.07. The molecule has 2 aromatic heterocycles. The largest absolute Gasteiger partial charge is 0.360 e. The number of nitrogens with zero attached hydrogens (tertiary/aromatic N) is 3. The number of carbonyl (C=O) groups is 1. The Kier molecular flexibility index (Phi) is 5.70. The highest BCUT2D eigenvalue weighted by Crippen LogP contribution is 2.21. The van der Waals surface area contributed by atoms with Gasteiger partial charge in [-0.1, -0.05) is 34.4 Å². The average molecular weight is 392 g/mol. The van der Waals surface area contributed by atoms with E-state index in [9.17, 15) is 4.79 Å². The van der Waals surface area contributed by atoms with E-state index in [-0.39, 0.29) is 5.91 Å². The Hall–Kier alpha value is -2.64. The summed E-state index contributed by atoms with van der Waals surface area (Å²) in [6.07, 6.45) is 3.47. The first kappa shape index (κ1) is 18.2. The Bertz CT molecular complexity index is 912. The van der Waals surface area contributed by atoms with Crippen molar-refractivity contribution in [3.8, 4) is 0 Å². The van der Waals surface area contributed by atoms with E-state index in [0.29, 0.717) is 46.1 Å². The fraction of sp³-hybridized carbons (Fsp3) is 0.176. The van der Waals surface area contributed by atoms with Crippen molar-refractivity contribution in [2.45, 2.75) is 13.3 Å². The summed E-state index contributed by atoms with van der Waals surface area (Å²) in [6.45, 7) is 2.21. The summed E-state index contributed by atoms with van der Waals surface area (Å²) >= 11 is 12.0. The van der Waals surface area contributed by atoms with Gasteiger partial charge in [-0.3, -0.25) is 4.79 Å². The van der Waals surface area contributed by atoms with Crippen LogP contribution in [0.1, 0.15) is 21.7 Å². The number of aromatic nitrogens is 3. The molecule has 7 nitrogen and oxygen atoms in total. The lowest BCUT2D eigenvalue weighted by atomic mass is 10.1. The standard InChI is InChI=1S/C17H15Cl2N5O2/c1-10-6-15(24-26-10)23-17-21-8-12(9-22-17)16(25)20-5-4-11-2-3-13(18)7-14(11)19/h2-3,6-9H,4-5H2,1H3,(H,20,25)(H,21,22,23,24). The third kappa shape index (κ3) is 4.71. The fourth-order valence-corrected chi connectivity index (χ4v) is 2.69. The van der Waals surface area contributed by atoms with Gasteiger partial charge in [0.25, 0.3) is 5.91 Å². The maximum Gasteiger partial charge on any atom is 0.254 e. The number of amides is 1. The Labute approximate surface area is 159 Å². The molecule has 0 aliphatic heterocycles. The summed E-state index contributed by atoms with van der Waals surface area (Å²) in [5, 5.41) is 10.6. The SMILES string of the molecule is Cc1cc(Nc2ncc(C(=O)NCCc3ccc(Cl)cc3Cl)cn2)no1. The Balaban J connectivity index is 1.53. The summed E-state index contributed by atoms with van der Waals surface area (Å²) in [5.74, 6) is 1.23. The van der Waals surface area contributed by atoms with Crippen molar-refractivity contribution in [2.24, 2.45) is 0 Å². The predicted molar refractivity (Wildman–Crippen MR) is 99.1 cm³/mol. The van der Waals surface area contributed by atoms with E-state index in [1.807, 2.05) is 6.07 Å². The van der Waals surface area contributed by atoms with Gasteiger partial charge in [-0.2, -0.15) is 0 Å². The highest BCUT2D eigenvalue weighted by Gasteiger charge is 2.09. The number of anilines is 2. The summed E-state index contributed by atoms with van der Waals surface area (Å²) in [4.78, 5) is 20.3. The maximum atomic E-state index is 12.2. The van der Waals surface area contributed by atoms with Crippen LogP contribution in [0.3, 0.4) is 0 Å². The molecule has 3 aromatic rings. The minimum Gasteiger partial charge on any atom is -0.360 e. The first-order chi connectivity index (χ1) is 12.5. The summed E-state index contributed by atoms with van der Waals surface area (Å²) < 4.78 is 4.95. The first-order valence-corrected chi connectivity index (χ1v) is 8.51. The number of aryl methyl sites for hydroxylation is 1. The fourth-order valence-electron chi connectivity index (χ4n) is 2.19. The van der Waals surface area contributed by atoms with E-state index in [4.69, 9.17) is 27.7 Å². The van der Waals surface area contributed by atoms with E-state index >= 15 is 0 Å². The van der Waals surface area contributed by atoms with Crippen molar-refractivity contribution < 1.29 is 9.32 Å².